The second-order valence-corrected chi connectivity index (χ2v) is 8.11. The monoisotopic (exact) mass is 407 g/mol. The Bertz CT molecular complexity index is 1240. The van der Waals surface area contributed by atoms with Gasteiger partial charge in [-0.3, -0.25) is 0 Å². The first kappa shape index (κ1) is 19.2. The van der Waals surface area contributed by atoms with Crippen molar-refractivity contribution in [1.82, 2.24) is 9.47 Å². The number of carbonyl (C=O) groups excluding carboxylic acids is 1. The summed E-state index contributed by atoms with van der Waals surface area (Å²) in [6, 6.07) is 28.4. The van der Waals surface area contributed by atoms with E-state index < -0.39 is 0 Å². The standard InChI is InChI=1S/C27H25N3O/c1-19-13-15-22(16-14-19)28-27(31)30-18-21-9-4-6-11-24(21)29-17-7-12-25(29)26(30)23-10-5-3-8-20(23)2/h3-17,26H,18H2,1-2H3,(H,28,31)/t26-/m0/s1. The number of hydrogen-bond acceptors (Lipinski definition) is 1. The van der Waals surface area contributed by atoms with Gasteiger partial charge in [-0.2, -0.15) is 0 Å². The summed E-state index contributed by atoms with van der Waals surface area (Å²) in [6.07, 6.45) is 2.08. The van der Waals surface area contributed by atoms with E-state index in [0.717, 1.165) is 33.8 Å². The van der Waals surface area contributed by atoms with Crippen molar-refractivity contribution in [2.45, 2.75) is 26.4 Å². The number of nitrogens with one attached hydrogen (secondary N) is 1. The average Bonchev–Trinajstić information content (AvgIpc) is 3.21. The molecule has 1 aliphatic rings. The zero-order chi connectivity index (χ0) is 21.4. The number of para-hydroxylation sites is 1. The van der Waals surface area contributed by atoms with E-state index in [4.69, 9.17) is 0 Å². The van der Waals surface area contributed by atoms with Gasteiger partial charge >= 0.3 is 6.03 Å². The van der Waals surface area contributed by atoms with E-state index in [1.165, 1.54) is 5.56 Å². The van der Waals surface area contributed by atoms with E-state index >= 15 is 0 Å². The summed E-state index contributed by atoms with van der Waals surface area (Å²) >= 11 is 0. The fourth-order valence-electron chi connectivity index (χ4n) is 4.39. The summed E-state index contributed by atoms with van der Waals surface area (Å²) in [5.41, 5.74) is 7.58. The van der Waals surface area contributed by atoms with Gasteiger partial charge < -0.3 is 14.8 Å². The van der Waals surface area contributed by atoms with Crippen LogP contribution in [0, 0.1) is 13.8 Å². The topological polar surface area (TPSA) is 37.3 Å². The number of hydrogen-bond donors (Lipinski definition) is 1. The van der Waals surface area contributed by atoms with E-state index in [1.54, 1.807) is 0 Å². The van der Waals surface area contributed by atoms with E-state index in [-0.39, 0.29) is 12.1 Å². The molecule has 3 aromatic carbocycles. The number of rotatable bonds is 2. The molecule has 4 nitrogen and oxygen atoms in total. The quantitative estimate of drug-likeness (QED) is 0.420. The minimum absolute atomic E-state index is 0.110. The van der Waals surface area contributed by atoms with Gasteiger partial charge in [0.25, 0.3) is 0 Å². The highest BCUT2D eigenvalue weighted by atomic mass is 16.2. The van der Waals surface area contributed by atoms with Crippen molar-refractivity contribution in [3.63, 3.8) is 0 Å². The molecule has 31 heavy (non-hydrogen) atoms. The van der Waals surface area contributed by atoms with Crippen LogP contribution < -0.4 is 5.32 Å². The number of carbonyl (C=O) groups is 1. The molecule has 1 atom stereocenters. The van der Waals surface area contributed by atoms with E-state index in [1.807, 2.05) is 60.4 Å². The normalized spacial score (nSPS) is 15.0. The molecule has 4 heteroatoms. The lowest BCUT2D eigenvalue weighted by Crippen LogP contribution is -2.38. The summed E-state index contributed by atoms with van der Waals surface area (Å²) in [6.45, 7) is 4.67. The molecule has 0 aliphatic carbocycles. The van der Waals surface area contributed by atoms with Crippen molar-refractivity contribution in [2.24, 2.45) is 0 Å². The molecule has 1 N–H and O–H groups in total. The third-order valence-electron chi connectivity index (χ3n) is 6.01. The van der Waals surface area contributed by atoms with Crippen molar-refractivity contribution in [3.05, 3.63) is 119 Å². The molecule has 0 fully saturated rings. The minimum Gasteiger partial charge on any atom is -0.318 e. The first-order chi connectivity index (χ1) is 15.1. The fraction of sp³-hybridized carbons (Fsp3) is 0.148. The lowest BCUT2D eigenvalue weighted by atomic mass is 9.97. The Morgan fingerprint density at radius 1 is 0.871 bits per heavy atom. The Labute approximate surface area is 182 Å². The Morgan fingerprint density at radius 3 is 2.42 bits per heavy atom. The van der Waals surface area contributed by atoms with Gasteiger partial charge in [0.2, 0.25) is 0 Å². The summed E-state index contributed by atoms with van der Waals surface area (Å²) < 4.78 is 2.21. The van der Waals surface area contributed by atoms with Crippen LogP contribution in [0.3, 0.4) is 0 Å². The molecule has 5 rings (SSSR count). The van der Waals surface area contributed by atoms with Crippen LogP contribution in [0.1, 0.15) is 34.0 Å². The van der Waals surface area contributed by atoms with Gasteiger partial charge in [0.1, 0.15) is 6.04 Å². The number of nitrogens with zero attached hydrogens (tertiary/aromatic N) is 2. The van der Waals surface area contributed by atoms with Crippen molar-refractivity contribution in [1.29, 1.82) is 0 Å². The average molecular weight is 408 g/mol. The smallest absolute Gasteiger partial charge is 0.318 e. The molecule has 0 spiro atoms. The molecule has 154 valence electrons. The van der Waals surface area contributed by atoms with Crippen molar-refractivity contribution in [2.75, 3.05) is 5.32 Å². The maximum Gasteiger partial charge on any atom is 0.322 e. The molecule has 1 aromatic heterocycles. The summed E-state index contributed by atoms with van der Waals surface area (Å²) in [4.78, 5) is 15.6. The molecule has 0 unspecified atom stereocenters. The summed E-state index contributed by atoms with van der Waals surface area (Å²) in [5.74, 6) is 0. The third kappa shape index (κ3) is 3.50. The van der Waals surface area contributed by atoms with Crippen LogP contribution in [0.2, 0.25) is 0 Å². The zero-order valence-electron chi connectivity index (χ0n) is 17.7. The predicted molar refractivity (Wildman–Crippen MR) is 125 cm³/mol. The van der Waals surface area contributed by atoms with Gasteiger partial charge in [0.05, 0.1) is 12.2 Å². The van der Waals surface area contributed by atoms with Crippen LogP contribution in [0.5, 0.6) is 0 Å². The molecule has 0 bridgehead atoms. The molecule has 0 saturated heterocycles. The number of anilines is 1. The summed E-state index contributed by atoms with van der Waals surface area (Å²) in [5, 5.41) is 3.12. The highest BCUT2D eigenvalue weighted by molar-refractivity contribution is 5.90. The fourth-order valence-corrected chi connectivity index (χ4v) is 4.39. The van der Waals surface area contributed by atoms with Crippen LogP contribution in [0.25, 0.3) is 5.69 Å². The molecular weight excluding hydrogens is 382 g/mol. The zero-order valence-corrected chi connectivity index (χ0v) is 17.7. The molecule has 2 heterocycles. The van der Waals surface area contributed by atoms with Crippen LogP contribution >= 0.6 is 0 Å². The van der Waals surface area contributed by atoms with E-state index in [0.29, 0.717) is 6.54 Å². The Kier molecular flexibility index (Phi) is 4.83. The summed E-state index contributed by atoms with van der Waals surface area (Å²) in [7, 11) is 0. The lowest BCUT2D eigenvalue weighted by Gasteiger charge is -2.32. The van der Waals surface area contributed by atoms with Gasteiger partial charge in [-0.15, -0.1) is 0 Å². The molecule has 0 radical (unpaired) electrons. The molecule has 0 saturated carbocycles. The van der Waals surface area contributed by atoms with Gasteiger partial charge in [0.15, 0.2) is 0 Å². The molecular formula is C27H25N3O. The Balaban J connectivity index is 1.64. The number of urea groups is 1. The number of aromatic nitrogens is 1. The second-order valence-electron chi connectivity index (χ2n) is 8.11. The van der Waals surface area contributed by atoms with Gasteiger partial charge in [-0.05, 0) is 60.9 Å². The maximum atomic E-state index is 13.6. The molecule has 1 aliphatic heterocycles. The number of amides is 2. The van der Waals surface area contributed by atoms with Crippen molar-refractivity contribution in [3.8, 4) is 5.69 Å². The first-order valence-electron chi connectivity index (χ1n) is 10.6. The Hall–Kier alpha value is -3.79. The predicted octanol–water partition coefficient (Wildman–Crippen LogP) is 6.23. The van der Waals surface area contributed by atoms with Crippen LogP contribution in [0.4, 0.5) is 10.5 Å². The van der Waals surface area contributed by atoms with Crippen LogP contribution in [-0.2, 0) is 6.54 Å². The van der Waals surface area contributed by atoms with E-state index in [9.17, 15) is 4.79 Å². The Morgan fingerprint density at radius 2 is 1.61 bits per heavy atom. The van der Waals surface area contributed by atoms with Crippen molar-refractivity contribution >= 4 is 11.7 Å². The third-order valence-corrected chi connectivity index (χ3v) is 6.01. The number of benzene rings is 3. The first-order valence-corrected chi connectivity index (χ1v) is 10.6. The van der Waals surface area contributed by atoms with Gasteiger partial charge in [0, 0.05) is 17.6 Å². The SMILES string of the molecule is Cc1ccc(NC(=O)N2Cc3ccccc3-n3cccc3[C@@H]2c2ccccc2C)cc1. The highest BCUT2D eigenvalue weighted by Gasteiger charge is 2.33. The number of fused-ring (bicyclic) bond motifs is 3. The second kappa shape index (κ2) is 7.80. The minimum atomic E-state index is -0.200. The van der Waals surface area contributed by atoms with Crippen LogP contribution in [0.15, 0.2) is 91.1 Å². The number of aryl methyl sites for hydroxylation is 2. The molecule has 2 amide bonds. The molecule has 4 aromatic rings. The van der Waals surface area contributed by atoms with Gasteiger partial charge in [-0.25, -0.2) is 4.79 Å². The van der Waals surface area contributed by atoms with Crippen LogP contribution in [-0.4, -0.2) is 15.5 Å². The highest BCUT2D eigenvalue weighted by Crippen LogP contribution is 2.38. The largest absolute Gasteiger partial charge is 0.322 e. The lowest BCUT2D eigenvalue weighted by molar-refractivity contribution is 0.194. The maximum absolute atomic E-state index is 13.6. The van der Waals surface area contributed by atoms with Gasteiger partial charge in [-0.1, -0.05) is 60.2 Å². The van der Waals surface area contributed by atoms with Crippen molar-refractivity contribution < 1.29 is 4.79 Å². The van der Waals surface area contributed by atoms with E-state index in [2.05, 4.69) is 59.4 Å².